The third-order valence-electron chi connectivity index (χ3n) is 5.91. The molecule has 7 nitrogen and oxygen atoms in total. The number of carbonyl (C=O) groups is 1. The van der Waals surface area contributed by atoms with Crippen LogP contribution >= 0.6 is 11.6 Å². The van der Waals surface area contributed by atoms with Crippen molar-refractivity contribution in [2.24, 2.45) is 0 Å². The number of rotatable bonds is 2. The van der Waals surface area contributed by atoms with E-state index in [1.54, 1.807) is 36.4 Å². The second-order valence-electron chi connectivity index (χ2n) is 7.85. The molecule has 0 amide bonds. The zero-order valence-corrected chi connectivity index (χ0v) is 17.7. The van der Waals surface area contributed by atoms with Gasteiger partial charge < -0.3 is 23.7 Å². The summed E-state index contributed by atoms with van der Waals surface area (Å²) < 4.78 is 22.3. The molecule has 1 aromatic heterocycles. The summed E-state index contributed by atoms with van der Waals surface area (Å²) in [7, 11) is 0. The zero-order chi connectivity index (χ0) is 22.7. The standard InChI is InChI=1S/C25H15ClO7/c26-18-7-13(8-20-25(18)32-11-31-20)16-9-21(28)33-19-6-5-15-23(29)17(10-30-24(15)22(16)19)12-1-3-14(27)4-2-12/h1-8,10,16,27H,9,11H2. The number of esters is 1. The molecule has 2 aliphatic heterocycles. The Kier molecular flexibility index (Phi) is 4.35. The Labute approximate surface area is 191 Å². The summed E-state index contributed by atoms with van der Waals surface area (Å²) in [5.74, 6) is 0.530. The van der Waals surface area contributed by atoms with Crippen LogP contribution in [0.2, 0.25) is 5.02 Å². The molecule has 0 saturated carbocycles. The number of halogens is 1. The van der Waals surface area contributed by atoms with Crippen LogP contribution in [-0.4, -0.2) is 17.9 Å². The van der Waals surface area contributed by atoms with Crippen molar-refractivity contribution >= 4 is 28.5 Å². The van der Waals surface area contributed by atoms with Gasteiger partial charge in [0.1, 0.15) is 23.3 Å². The van der Waals surface area contributed by atoms with Crippen molar-refractivity contribution in [2.45, 2.75) is 12.3 Å². The Hall–Kier alpha value is -3.97. The molecule has 0 saturated heterocycles. The Bertz CT molecular complexity index is 1500. The molecule has 1 unspecified atom stereocenters. The fraction of sp³-hybridized carbons (Fsp3) is 0.120. The number of hydrogen-bond acceptors (Lipinski definition) is 7. The van der Waals surface area contributed by atoms with Gasteiger partial charge in [-0.05, 0) is 47.5 Å². The lowest BCUT2D eigenvalue weighted by Gasteiger charge is -2.26. The van der Waals surface area contributed by atoms with Crippen molar-refractivity contribution in [3.63, 3.8) is 0 Å². The van der Waals surface area contributed by atoms with Crippen LogP contribution in [-0.2, 0) is 4.79 Å². The summed E-state index contributed by atoms with van der Waals surface area (Å²) in [6.07, 6.45) is 1.43. The van der Waals surface area contributed by atoms with Crippen molar-refractivity contribution < 1.29 is 28.5 Å². The van der Waals surface area contributed by atoms with E-state index in [0.717, 1.165) is 5.56 Å². The fourth-order valence-corrected chi connectivity index (χ4v) is 4.64. The maximum atomic E-state index is 13.3. The maximum Gasteiger partial charge on any atom is 0.312 e. The molecule has 4 aromatic rings. The molecule has 8 heteroatoms. The minimum absolute atomic E-state index is 0.0471. The largest absolute Gasteiger partial charge is 0.508 e. The van der Waals surface area contributed by atoms with Gasteiger partial charge in [-0.2, -0.15) is 0 Å². The van der Waals surface area contributed by atoms with Crippen LogP contribution in [0.15, 0.2) is 64.0 Å². The highest BCUT2D eigenvalue weighted by Gasteiger charge is 2.34. The average molecular weight is 463 g/mol. The third kappa shape index (κ3) is 3.12. The van der Waals surface area contributed by atoms with E-state index >= 15 is 0 Å². The van der Waals surface area contributed by atoms with Gasteiger partial charge in [0.2, 0.25) is 12.2 Å². The lowest BCUT2D eigenvalue weighted by atomic mass is 9.85. The molecule has 1 N–H and O–H groups in total. The molecular formula is C25H15ClO7. The summed E-state index contributed by atoms with van der Waals surface area (Å²) in [5, 5.41) is 10.3. The highest BCUT2D eigenvalue weighted by atomic mass is 35.5. The second kappa shape index (κ2) is 7.28. The Morgan fingerprint density at radius 1 is 0.970 bits per heavy atom. The monoisotopic (exact) mass is 462 g/mol. The lowest BCUT2D eigenvalue weighted by molar-refractivity contribution is -0.135. The van der Waals surface area contributed by atoms with E-state index in [2.05, 4.69) is 0 Å². The summed E-state index contributed by atoms with van der Waals surface area (Å²) in [6.45, 7) is 0.0691. The molecule has 0 spiro atoms. The molecule has 6 rings (SSSR count). The van der Waals surface area contributed by atoms with Crippen LogP contribution in [0.4, 0.5) is 0 Å². The Morgan fingerprint density at radius 2 is 1.79 bits per heavy atom. The van der Waals surface area contributed by atoms with E-state index in [-0.39, 0.29) is 24.4 Å². The van der Waals surface area contributed by atoms with Gasteiger partial charge in [0.25, 0.3) is 0 Å². The maximum absolute atomic E-state index is 13.3. The van der Waals surface area contributed by atoms with E-state index in [1.165, 1.54) is 18.4 Å². The fourth-order valence-electron chi connectivity index (χ4n) is 4.37. The molecule has 0 bridgehead atoms. The van der Waals surface area contributed by atoms with Crippen molar-refractivity contribution in [1.29, 1.82) is 0 Å². The first-order valence-electron chi connectivity index (χ1n) is 10.2. The first kappa shape index (κ1) is 19.7. The van der Waals surface area contributed by atoms with Gasteiger partial charge in [0.15, 0.2) is 11.5 Å². The normalized spacial score (nSPS) is 16.5. The second-order valence-corrected chi connectivity index (χ2v) is 8.25. The smallest absolute Gasteiger partial charge is 0.312 e. The Balaban J connectivity index is 1.55. The van der Waals surface area contributed by atoms with E-state index < -0.39 is 11.9 Å². The van der Waals surface area contributed by atoms with Gasteiger partial charge in [-0.1, -0.05) is 23.7 Å². The number of benzene rings is 3. The van der Waals surface area contributed by atoms with Gasteiger partial charge in [0, 0.05) is 11.5 Å². The predicted octanol–water partition coefficient (Wildman–Crippen LogP) is 4.99. The lowest BCUT2D eigenvalue weighted by Crippen LogP contribution is -2.22. The zero-order valence-electron chi connectivity index (χ0n) is 17.0. The quantitative estimate of drug-likeness (QED) is 0.331. The van der Waals surface area contributed by atoms with Crippen molar-refractivity contribution in [1.82, 2.24) is 0 Å². The molecule has 33 heavy (non-hydrogen) atoms. The van der Waals surface area contributed by atoms with Crippen LogP contribution in [0.3, 0.4) is 0 Å². The van der Waals surface area contributed by atoms with Crippen molar-refractivity contribution in [3.8, 4) is 34.1 Å². The van der Waals surface area contributed by atoms with Gasteiger partial charge in [0.05, 0.1) is 22.4 Å². The topological polar surface area (TPSA) is 95.2 Å². The van der Waals surface area contributed by atoms with Crippen molar-refractivity contribution in [3.05, 3.63) is 81.2 Å². The van der Waals surface area contributed by atoms with Crippen LogP contribution < -0.4 is 19.6 Å². The number of phenols is 1. The SMILES string of the molecule is O=C1CC(c2cc(Cl)c3c(c2)OCO3)c2c(ccc3c(=O)c(-c4ccc(O)cc4)coc23)O1. The minimum Gasteiger partial charge on any atom is -0.508 e. The Morgan fingerprint density at radius 3 is 2.61 bits per heavy atom. The van der Waals surface area contributed by atoms with E-state index in [0.29, 0.717) is 49.9 Å². The van der Waals surface area contributed by atoms with Gasteiger partial charge in [-0.3, -0.25) is 9.59 Å². The van der Waals surface area contributed by atoms with Gasteiger partial charge >= 0.3 is 5.97 Å². The summed E-state index contributed by atoms with van der Waals surface area (Å²) in [5.41, 5.74) is 2.40. The number of fused-ring (bicyclic) bond motifs is 4. The number of aromatic hydroxyl groups is 1. The van der Waals surface area contributed by atoms with Crippen LogP contribution in [0.5, 0.6) is 23.0 Å². The molecule has 1 atom stereocenters. The molecule has 0 fully saturated rings. The highest BCUT2D eigenvalue weighted by Crippen LogP contribution is 2.47. The molecule has 0 aliphatic carbocycles. The number of carbonyl (C=O) groups excluding carboxylic acids is 1. The molecule has 3 heterocycles. The van der Waals surface area contributed by atoms with Crippen LogP contribution in [0.1, 0.15) is 23.5 Å². The first-order chi connectivity index (χ1) is 16.0. The highest BCUT2D eigenvalue weighted by molar-refractivity contribution is 6.32. The number of hydrogen-bond donors (Lipinski definition) is 1. The molecular weight excluding hydrogens is 448 g/mol. The van der Waals surface area contributed by atoms with E-state index in [9.17, 15) is 14.7 Å². The molecule has 2 aliphatic rings. The van der Waals surface area contributed by atoms with E-state index in [4.69, 9.17) is 30.2 Å². The average Bonchev–Trinajstić information content (AvgIpc) is 3.29. The summed E-state index contributed by atoms with van der Waals surface area (Å²) >= 11 is 6.39. The first-order valence-corrected chi connectivity index (χ1v) is 10.5. The van der Waals surface area contributed by atoms with Crippen LogP contribution in [0, 0.1) is 0 Å². The summed E-state index contributed by atoms with van der Waals surface area (Å²) in [6, 6.07) is 13.0. The summed E-state index contributed by atoms with van der Waals surface area (Å²) in [4.78, 5) is 25.7. The van der Waals surface area contributed by atoms with Gasteiger partial charge in [-0.25, -0.2) is 0 Å². The minimum atomic E-state index is -0.459. The van der Waals surface area contributed by atoms with Crippen LogP contribution in [0.25, 0.3) is 22.1 Å². The van der Waals surface area contributed by atoms with Gasteiger partial charge in [-0.15, -0.1) is 0 Å². The molecule has 164 valence electrons. The predicted molar refractivity (Wildman–Crippen MR) is 119 cm³/mol. The third-order valence-corrected chi connectivity index (χ3v) is 6.19. The molecule has 0 radical (unpaired) electrons. The molecule has 3 aromatic carbocycles. The van der Waals surface area contributed by atoms with E-state index in [1.807, 2.05) is 0 Å². The van der Waals surface area contributed by atoms with Crippen molar-refractivity contribution in [2.75, 3.05) is 6.79 Å². The number of ether oxygens (including phenoxy) is 3. The number of phenolic OH excluding ortho intramolecular Hbond substituents is 1.